The average molecular weight is 295 g/mol. The number of aliphatic carboxylic acids is 1. The van der Waals surface area contributed by atoms with E-state index in [1.165, 1.54) is 11.3 Å². The topological polar surface area (TPSA) is 66.4 Å². The van der Waals surface area contributed by atoms with Crippen molar-refractivity contribution in [3.8, 4) is 0 Å². The van der Waals surface area contributed by atoms with Gasteiger partial charge in [0.2, 0.25) is 5.91 Å². The van der Waals surface area contributed by atoms with Gasteiger partial charge >= 0.3 is 5.97 Å². The zero-order valence-corrected chi connectivity index (χ0v) is 12.5. The predicted molar refractivity (Wildman–Crippen MR) is 78.9 cm³/mol. The lowest BCUT2D eigenvalue weighted by Gasteiger charge is -2.30. The molecule has 0 radical (unpaired) electrons. The van der Waals surface area contributed by atoms with Crippen LogP contribution in [0.5, 0.6) is 0 Å². The van der Waals surface area contributed by atoms with Gasteiger partial charge in [0.1, 0.15) is 5.54 Å². The molecule has 1 heterocycles. The molecule has 0 spiro atoms. The number of rotatable bonds is 4. The molecule has 1 aromatic heterocycles. The Hall–Kier alpha value is -1.36. The molecule has 1 fully saturated rings. The van der Waals surface area contributed by atoms with Crippen molar-refractivity contribution >= 4 is 23.2 Å². The number of carbonyl (C=O) groups excluding carboxylic acids is 1. The zero-order chi connectivity index (χ0) is 14.6. The molecule has 1 unspecified atom stereocenters. The second-order valence-electron chi connectivity index (χ2n) is 5.53. The number of nitrogens with one attached hydrogen (secondary N) is 1. The van der Waals surface area contributed by atoms with Crippen molar-refractivity contribution in [3.05, 3.63) is 22.4 Å². The van der Waals surface area contributed by atoms with Gasteiger partial charge < -0.3 is 10.4 Å². The third-order valence-corrected chi connectivity index (χ3v) is 5.15. The van der Waals surface area contributed by atoms with Gasteiger partial charge in [0, 0.05) is 4.88 Å². The van der Waals surface area contributed by atoms with E-state index < -0.39 is 11.5 Å². The summed E-state index contributed by atoms with van der Waals surface area (Å²) >= 11 is 1.52. The molecule has 1 saturated carbocycles. The van der Waals surface area contributed by atoms with Crippen LogP contribution in [0.15, 0.2) is 17.5 Å². The second kappa shape index (κ2) is 6.39. The highest BCUT2D eigenvalue weighted by atomic mass is 32.1. The van der Waals surface area contributed by atoms with Crippen LogP contribution in [0.1, 0.15) is 56.2 Å². The van der Waals surface area contributed by atoms with Gasteiger partial charge in [-0.15, -0.1) is 11.3 Å². The third kappa shape index (κ3) is 3.20. The SMILES string of the molecule is CC(C(=O)NC1(C(=O)O)CCCCCC1)c1cccs1. The van der Waals surface area contributed by atoms with Gasteiger partial charge in [-0.05, 0) is 31.2 Å². The fourth-order valence-electron chi connectivity index (χ4n) is 2.74. The first-order valence-corrected chi connectivity index (χ1v) is 8.02. The van der Waals surface area contributed by atoms with Gasteiger partial charge in [-0.1, -0.05) is 31.7 Å². The lowest BCUT2D eigenvalue weighted by atomic mass is 9.89. The number of hydrogen-bond donors (Lipinski definition) is 2. The van der Waals surface area contributed by atoms with Crippen molar-refractivity contribution in [2.45, 2.75) is 56.9 Å². The van der Waals surface area contributed by atoms with E-state index in [0.29, 0.717) is 12.8 Å². The maximum absolute atomic E-state index is 12.4. The molecule has 2 N–H and O–H groups in total. The molecule has 1 amide bonds. The first-order valence-electron chi connectivity index (χ1n) is 7.14. The van der Waals surface area contributed by atoms with Gasteiger partial charge in [0.25, 0.3) is 0 Å². The van der Waals surface area contributed by atoms with Crippen LogP contribution in [0.2, 0.25) is 0 Å². The molecule has 110 valence electrons. The maximum atomic E-state index is 12.4. The quantitative estimate of drug-likeness (QED) is 0.839. The van der Waals surface area contributed by atoms with Crippen LogP contribution in [0.25, 0.3) is 0 Å². The lowest BCUT2D eigenvalue weighted by molar-refractivity contribution is -0.148. The summed E-state index contributed by atoms with van der Waals surface area (Å²) in [4.78, 5) is 25.0. The van der Waals surface area contributed by atoms with Gasteiger partial charge in [0.05, 0.1) is 5.92 Å². The summed E-state index contributed by atoms with van der Waals surface area (Å²) in [6, 6.07) is 3.82. The number of carbonyl (C=O) groups is 2. The Bertz CT molecular complexity index is 461. The summed E-state index contributed by atoms with van der Waals surface area (Å²) in [5.74, 6) is -1.38. The first kappa shape index (κ1) is 15.0. The summed E-state index contributed by atoms with van der Waals surface area (Å²) in [6.07, 6.45) is 4.88. The van der Waals surface area contributed by atoms with Crippen LogP contribution >= 0.6 is 11.3 Å². The molecule has 5 heteroatoms. The average Bonchev–Trinajstić information content (AvgIpc) is 2.85. The normalized spacial score (nSPS) is 19.9. The van der Waals surface area contributed by atoms with Crippen LogP contribution in [-0.4, -0.2) is 22.5 Å². The molecule has 4 nitrogen and oxygen atoms in total. The van der Waals surface area contributed by atoms with E-state index in [4.69, 9.17) is 0 Å². The Kier molecular flexibility index (Phi) is 4.81. The Morgan fingerprint density at radius 3 is 2.45 bits per heavy atom. The van der Waals surface area contributed by atoms with Crippen LogP contribution < -0.4 is 5.32 Å². The smallest absolute Gasteiger partial charge is 0.329 e. The fraction of sp³-hybridized carbons (Fsp3) is 0.600. The predicted octanol–water partition coefficient (Wildman–Crippen LogP) is 3.15. The zero-order valence-electron chi connectivity index (χ0n) is 11.7. The molecule has 0 bridgehead atoms. The van der Waals surface area contributed by atoms with Crippen molar-refractivity contribution in [1.29, 1.82) is 0 Å². The van der Waals surface area contributed by atoms with E-state index in [9.17, 15) is 14.7 Å². The molecule has 0 aliphatic heterocycles. The second-order valence-corrected chi connectivity index (χ2v) is 6.51. The van der Waals surface area contributed by atoms with Crippen LogP contribution in [-0.2, 0) is 9.59 Å². The molecule has 1 atom stereocenters. The van der Waals surface area contributed by atoms with Crippen LogP contribution in [0.4, 0.5) is 0 Å². The Balaban J connectivity index is 2.11. The minimum absolute atomic E-state index is 0.184. The summed E-state index contributed by atoms with van der Waals surface area (Å²) in [5, 5.41) is 14.3. The number of thiophene rings is 1. The van der Waals surface area contributed by atoms with Crippen molar-refractivity contribution < 1.29 is 14.7 Å². The minimum atomic E-state index is -1.07. The highest BCUT2D eigenvalue weighted by Crippen LogP contribution is 2.29. The third-order valence-electron chi connectivity index (χ3n) is 4.09. The summed E-state index contributed by atoms with van der Waals surface area (Å²) in [7, 11) is 0. The fourth-order valence-corrected chi connectivity index (χ4v) is 3.52. The Morgan fingerprint density at radius 2 is 1.95 bits per heavy atom. The molecule has 0 aromatic carbocycles. The minimum Gasteiger partial charge on any atom is -0.480 e. The van der Waals surface area contributed by atoms with Crippen molar-refractivity contribution in [2.75, 3.05) is 0 Å². The van der Waals surface area contributed by atoms with Gasteiger partial charge in [-0.2, -0.15) is 0 Å². The van der Waals surface area contributed by atoms with E-state index in [2.05, 4.69) is 5.32 Å². The standard InChI is InChI=1S/C15H21NO3S/c1-11(12-7-6-10-20-12)13(17)16-15(14(18)19)8-4-2-3-5-9-15/h6-7,10-11H,2-5,8-9H2,1H3,(H,16,17)(H,18,19). The Morgan fingerprint density at radius 1 is 1.30 bits per heavy atom. The summed E-state index contributed by atoms with van der Waals surface area (Å²) in [5.41, 5.74) is -1.07. The number of carboxylic acids is 1. The van der Waals surface area contributed by atoms with Gasteiger partial charge in [-0.25, -0.2) is 4.79 Å². The van der Waals surface area contributed by atoms with E-state index >= 15 is 0 Å². The van der Waals surface area contributed by atoms with Gasteiger partial charge in [-0.3, -0.25) is 4.79 Å². The van der Waals surface area contributed by atoms with E-state index in [1.807, 2.05) is 24.4 Å². The number of amides is 1. The summed E-state index contributed by atoms with van der Waals surface area (Å²) < 4.78 is 0. The first-order chi connectivity index (χ1) is 9.55. The van der Waals surface area contributed by atoms with Crippen LogP contribution in [0.3, 0.4) is 0 Å². The van der Waals surface area contributed by atoms with Crippen LogP contribution in [0, 0.1) is 0 Å². The van der Waals surface area contributed by atoms with Crippen molar-refractivity contribution in [2.24, 2.45) is 0 Å². The molecule has 20 heavy (non-hydrogen) atoms. The largest absolute Gasteiger partial charge is 0.480 e. The van der Waals surface area contributed by atoms with Crippen molar-refractivity contribution in [3.63, 3.8) is 0 Å². The number of hydrogen-bond acceptors (Lipinski definition) is 3. The maximum Gasteiger partial charge on any atom is 0.329 e. The van der Waals surface area contributed by atoms with E-state index in [-0.39, 0.29) is 11.8 Å². The number of carboxylic acid groups (broad SMARTS) is 1. The molecule has 0 saturated heterocycles. The molecule has 2 rings (SSSR count). The van der Waals surface area contributed by atoms with Gasteiger partial charge in [0.15, 0.2) is 0 Å². The molecule has 1 aliphatic carbocycles. The molecular formula is C15H21NO3S. The van der Waals surface area contributed by atoms with E-state index in [0.717, 1.165) is 30.6 Å². The Labute approximate surface area is 123 Å². The van der Waals surface area contributed by atoms with E-state index in [1.54, 1.807) is 0 Å². The molecule has 1 aliphatic rings. The monoisotopic (exact) mass is 295 g/mol. The lowest BCUT2D eigenvalue weighted by Crippen LogP contribution is -2.55. The summed E-state index contributed by atoms with van der Waals surface area (Å²) in [6.45, 7) is 1.83. The molecule has 1 aromatic rings. The molecular weight excluding hydrogens is 274 g/mol. The highest BCUT2D eigenvalue weighted by molar-refractivity contribution is 7.10. The van der Waals surface area contributed by atoms with Crippen molar-refractivity contribution in [1.82, 2.24) is 5.32 Å². The highest BCUT2D eigenvalue weighted by Gasteiger charge is 2.40.